The molecule has 62 valence electrons. The maximum Gasteiger partial charge on any atom is 0.145 e. The molecule has 2 nitrogen and oxygen atoms in total. The number of benzene rings is 1. The molecule has 1 heterocycles. The van der Waals surface area contributed by atoms with Crippen molar-refractivity contribution in [3.8, 4) is 0 Å². The fraction of sp³-hybridized carbons (Fsp3) is 0.200. The van der Waals surface area contributed by atoms with Crippen molar-refractivity contribution in [3.63, 3.8) is 0 Å². The van der Waals surface area contributed by atoms with Crippen molar-refractivity contribution in [2.75, 3.05) is 6.61 Å². The van der Waals surface area contributed by atoms with Crippen molar-refractivity contribution in [1.82, 2.24) is 0 Å². The molecule has 1 aromatic carbocycles. The highest BCUT2D eigenvalue weighted by Gasteiger charge is 2.06. The van der Waals surface area contributed by atoms with Crippen LogP contribution in [0.25, 0.3) is 0 Å². The highest BCUT2D eigenvalue weighted by molar-refractivity contribution is 5.19. The molecule has 1 aliphatic rings. The quantitative estimate of drug-likeness (QED) is 0.620. The number of allylic oxidation sites excluding steroid dienone is 1. The van der Waals surface area contributed by atoms with Crippen molar-refractivity contribution >= 4 is 0 Å². The maximum absolute atomic E-state index is 4.92. The molecular weight excluding hydrogens is 152 g/mol. The predicted octanol–water partition coefficient (Wildman–Crippen LogP) is 2.07. The molecule has 2 heteroatoms. The summed E-state index contributed by atoms with van der Waals surface area (Å²) in [4.78, 5) is 9.65. The zero-order valence-electron chi connectivity index (χ0n) is 6.69. The Hall–Kier alpha value is -1.28. The molecule has 0 aliphatic carbocycles. The van der Waals surface area contributed by atoms with Crippen molar-refractivity contribution in [1.29, 1.82) is 0 Å². The van der Waals surface area contributed by atoms with E-state index in [1.807, 2.05) is 24.3 Å². The van der Waals surface area contributed by atoms with Gasteiger partial charge in [-0.1, -0.05) is 30.3 Å². The van der Waals surface area contributed by atoms with E-state index in [4.69, 9.17) is 9.78 Å². The van der Waals surface area contributed by atoms with E-state index in [-0.39, 0.29) is 0 Å². The van der Waals surface area contributed by atoms with Crippen LogP contribution in [0.1, 0.15) is 5.56 Å². The summed E-state index contributed by atoms with van der Waals surface area (Å²) >= 11 is 0. The summed E-state index contributed by atoms with van der Waals surface area (Å²) < 4.78 is 0. The van der Waals surface area contributed by atoms with Crippen LogP contribution in [0.5, 0.6) is 0 Å². The van der Waals surface area contributed by atoms with E-state index in [9.17, 15) is 0 Å². The van der Waals surface area contributed by atoms with Crippen molar-refractivity contribution in [2.45, 2.75) is 6.42 Å². The molecule has 1 aromatic rings. The lowest BCUT2D eigenvalue weighted by Crippen LogP contribution is -1.89. The van der Waals surface area contributed by atoms with E-state index >= 15 is 0 Å². The van der Waals surface area contributed by atoms with Gasteiger partial charge in [0.2, 0.25) is 0 Å². The van der Waals surface area contributed by atoms with Crippen LogP contribution < -0.4 is 0 Å². The van der Waals surface area contributed by atoms with Gasteiger partial charge in [-0.3, -0.25) is 0 Å². The molecule has 2 rings (SSSR count). The fourth-order valence-corrected chi connectivity index (χ4v) is 1.17. The van der Waals surface area contributed by atoms with Crippen LogP contribution >= 0.6 is 0 Å². The summed E-state index contributed by atoms with van der Waals surface area (Å²) in [6.45, 7) is 0.572. The van der Waals surface area contributed by atoms with Gasteiger partial charge in [-0.15, -0.1) is 0 Å². The van der Waals surface area contributed by atoms with Gasteiger partial charge >= 0.3 is 0 Å². The third kappa shape index (κ3) is 1.66. The fourth-order valence-electron chi connectivity index (χ4n) is 1.17. The lowest BCUT2D eigenvalue weighted by atomic mass is 10.1. The summed E-state index contributed by atoms with van der Waals surface area (Å²) in [5.74, 6) is 0.904. The minimum atomic E-state index is 0.572. The zero-order chi connectivity index (χ0) is 8.23. The molecule has 0 spiro atoms. The predicted molar refractivity (Wildman–Crippen MR) is 45.3 cm³/mol. The van der Waals surface area contributed by atoms with E-state index in [0.717, 1.165) is 12.2 Å². The molecule has 0 fully saturated rings. The largest absolute Gasteiger partial charge is 0.342 e. The Kier molecular flexibility index (Phi) is 2.10. The Morgan fingerprint density at radius 1 is 1.17 bits per heavy atom. The van der Waals surface area contributed by atoms with Crippen LogP contribution in [-0.4, -0.2) is 6.61 Å². The first-order valence-corrected chi connectivity index (χ1v) is 3.97. The molecule has 0 bridgehead atoms. The molecule has 12 heavy (non-hydrogen) atoms. The van der Waals surface area contributed by atoms with E-state index in [1.165, 1.54) is 5.56 Å². The Morgan fingerprint density at radius 3 is 2.67 bits per heavy atom. The van der Waals surface area contributed by atoms with Gasteiger partial charge in [0, 0.05) is 6.42 Å². The Morgan fingerprint density at radius 2 is 2.00 bits per heavy atom. The topological polar surface area (TPSA) is 18.5 Å². The molecule has 0 saturated carbocycles. The van der Waals surface area contributed by atoms with E-state index < -0.39 is 0 Å². The van der Waals surface area contributed by atoms with Crippen molar-refractivity contribution in [2.24, 2.45) is 0 Å². The van der Waals surface area contributed by atoms with Crippen molar-refractivity contribution in [3.05, 3.63) is 47.7 Å². The standard InChI is InChI=1S/C10H10O2/c1-2-4-9(5-3-1)8-10-6-7-11-12-10/h1-6H,7-8H2. The van der Waals surface area contributed by atoms with Crippen LogP contribution in [0.4, 0.5) is 0 Å². The molecule has 0 atom stereocenters. The van der Waals surface area contributed by atoms with E-state index in [2.05, 4.69) is 12.1 Å². The molecule has 0 unspecified atom stereocenters. The first-order chi connectivity index (χ1) is 5.95. The van der Waals surface area contributed by atoms with E-state index in [0.29, 0.717) is 6.61 Å². The zero-order valence-corrected chi connectivity index (χ0v) is 6.69. The van der Waals surface area contributed by atoms with E-state index in [1.54, 1.807) is 0 Å². The third-order valence-electron chi connectivity index (χ3n) is 1.77. The minimum absolute atomic E-state index is 0.572. The monoisotopic (exact) mass is 162 g/mol. The van der Waals surface area contributed by atoms with Gasteiger partial charge in [0.05, 0.1) is 0 Å². The van der Waals surface area contributed by atoms with Gasteiger partial charge < -0.3 is 4.89 Å². The Labute approximate surface area is 71.4 Å². The van der Waals surface area contributed by atoms with Gasteiger partial charge in [-0.2, -0.15) is 4.89 Å². The lowest BCUT2D eigenvalue weighted by molar-refractivity contribution is -0.234. The normalized spacial score (nSPS) is 15.5. The van der Waals surface area contributed by atoms with Crippen LogP contribution in [0.2, 0.25) is 0 Å². The maximum atomic E-state index is 4.92. The first-order valence-electron chi connectivity index (χ1n) is 3.97. The summed E-state index contributed by atoms with van der Waals surface area (Å²) in [7, 11) is 0. The highest BCUT2D eigenvalue weighted by Crippen LogP contribution is 2.13. The van der Waals surface area contributed by atoms with Gasteiger partial charge in [-0.25, -0.2) is 0 Å². The smallest absolute Gasteiger partial charge is 0.145 e. The van der Waals surface area contributed by atoms with Crippen molar-refractivity contribution < 1.29 is 9.78 Å². The molecule has 0 radical (unpaired) electrons. The molecular formula is C10H10O2. The SMILES string of the molecule is C1=C(Cc2ccccc2)OOC1. The van der Waals surface area contributed by atoms with Crippen LogP contribution in [-0.2, 0) is 16.2 Å². The van der Waals surface area contributed by atoms with Gasteiger partial charge in [0.1, 0.15) is 12.4 Å². The summed E-state index contributed by atoms with van der Waals surface area (Å²) in [6, 6.07) is 10.2. The Balaban J connectivity index is 2.04. The Bertz CT molecular complexity index is 277. The molecule has 1 aliphatic heterocycles. The highest BCUT2D eigenvalue weighted by atomic mass is 17.2. The summed E-state index contributed by atoms with van der Waals surface area (Å²) in [6.07, 6.45) is 2.77. The third-order valence-corrected chi connectivity index (χ3v) is 1.77. The minimum Gasteiger partial charge on any atom is -0.342 e. The summed E-state index contributed by atoms with van der Waals surface area (Å²) in [5.41, 5.74) is 1.24. The number of hydrogen-bond donors (Lipinski definition) is 0. The lowest BCUT2D eigenvalue weighted by Gasteiger charge is -2.00. The molecule has 0 saturated heterocycles. The average Bonchev–Trinajstić information content (AvgIpc) is 2.59. The second-order valence-corrected chi connectivity index (χ2v) is 2.70. The second kappa shape index (κ2) is 3.41. The number of rotatable bonds is 2. The average molecular weight is 162 g/mol. The van der Waals surface area contributed by atoms with Crippen LogP contribution in [0, 0.1) is 0 Å². The molecule has 0 N–H and O–H groups in total. The van der Waals surface area contributed by atoms with Crippen LogP contribution in [0.15, 0.2) is 42.2 Å². The number of hydrogen-bond acceptors (Lipinski definition) is 2. The van der Waals surface area contributed by atoms with Gasteiger partial charge in [0.25, 0.3) is 0 Å². The van der Waals surface area contributed by atoms with Gasteiger partial charge in [-0.05, 0) is 11.6 Å². The van der Waals surface area contributed by atoms with Gasteiger partial charge in [0.15, 0.2) is 0 Å². The van der Waals surface area contributed by atoms with Crippen LogP contribution in [0.3, 0.4) is 0 Å². The first kappa shape index (κ1) is 7.37. The summed E-state index contributed by atoms with van der Waals surface area (Å²) in [5, 5.41) is 0. The second-order valence-electron chi connectivity index (χ2n) is 2.70. The molecule has 0 aromatic heterocycles. The molecule has 0 amide bonds.